The van der Waals surface area contributed by atoms with Gasteiger partial charge in [-0.15, -0.1) is 0 Å². The van der Waals surface area contributed by atoms with Crippen molar-refractivity contribution in [3.05, 3.63) is 34.2 Å². The number of hydrogen-bond acceptors (Lipinski definition) is 3. The van der Waals surface area contributed by atoms with Crippen molar-refractivity contribution in [3.63, 3.8) is 0 Å². The maximum atomic E-state index is 11.9. The highest BCUT2D eigenvalue weighted by Gasteiger charge is 2.27. The van der Waals surface area contributed by atoms with Gasteiger partial charge in [0.2, 0.25) is 0 Å². The van der Waals surface area contributed by atoms with Gasteiger partial charge in [0.25, 0.3) is 0 Å². The van der Waals surface area contributed by atoms with E-state index < -0.39 is 6.10 Å². The van der Waals surface area contributed by atoms with Crippen LogP contribution in [0.3, 0.4) is 0 Å². The van der Waals surface area contributed by atoms with E-state index in [2.05, 4.69) is 9.98 Å². The van der Waals surface area contributed by atoms with Crippen LogP contribution < -0.4 is 5.69 Å². The molecule has 5 nitrogen and oxygen atoms in total. The number of aliphatic hydroxyl groups excluding tert-OH is 1. The lowest BCUT2D eigenvalue weighted by molar-refractivity contribution is 0.145. The highest BCUT2D eigenvalue weighted by atomic mass is 16.3. The fourth-order valence-electron chi connectivity index (χ4n) is 2.79. The van der Waals surface area contributed by atoms with Crippen molar-refractivity contribution in [1.29, 1.82) is 0 Å². The van der Waals surface area contributed by atoms with Gasteiger partial charge in [-0.25, -0.2) is 4.79 Å². The number of hydrogen-bond donors (Lipinski definition) is 2. The van der Waals surface area contributed by atoms with Gasteiger partial charge < -0.3 is 10.1 Å². The van der Waals surface area contributed by atoms with Gasteiger partial charge in [0.1, 0.15) is 6.10 Å². The molecule has 100 valence electrons. The smallest absolute Gasteiger partial charge is 0.326 e. The zero-order valence-electron chi connectivity index (χ0n) is 11.1. The fraction of sp³-hybridized carbons (Fsp3) is 0.429. The van der Waals surface area contributed by atoms with E-state index in [1.807, 2.05) is 32.0 Å². The number of aromatic amines is 1. The Labute approximate surface area is 110 Å². The van der Waals surface area contributed by atoms with E-state index >= 15 is 0 Å². The van der Waals surface area contributed by atoms with Crippen molar-refractivity contribution in [3.8, 4) is 0 Å². The van der Waals surface area contributed by atoms with E-state index in [-0.39, 0.29) is 11.7 Å². The SMILES string of the molecule is CC(C)=N[C@@H]1CCn2c(=O)[nH]c3cccc(c32)[C@H]1O. The van der Waals surface area contributed by atoms with Gasteiger partial charge in [0.05, 0.1) is 17.1 Å². The molecule has 0 radical (unpaired) electrons. The Bertz CT molecular complexity index is 707. The molecule has 1 aliphatic heterocycles. The molecule has 2 atom stereocenters. The Balaban J connectivity index is 2.22. The predicted octanol–water partition coefficient (Wildman–Crippen LogP) is 1.62. The summed E-state index contributed by atoms with van der Waals surface area (Å²) < 4.78 is 1.70. The number of nitrogens with one attached hydrogen (secondary N) is 1. The molecule has 0 spiro atoms. The Morgan fingerprint density at radius 1 is 1.47 bits per heavy atom. The molecular weight excluding hydrogens is 242 g/mol. The molecule has 1 aromatic heterocycles. The zero-order chi connectivity index (χ0) is 13.6. The van der Waals surface area contributed by atoms with Crippen LogP contribution in [0.4, 0.5) is 0 Å². The number of imidazole rings is 1. The number of aliphatic imine (C=N–C) groups is 1. The van der Waals surface area contributed by atoms with Crippen molar-refractivity contribution in [2.75, 3.05) is 0 Å². The second-order valence-corrected chi connectivity index (χ2v) is 5.20. The monoisotopic (exact) mass is 259 g/mol. The van der Waals surface area contributed by atoms with Gasteiger partial charge in [-0.05, 0) is 26.3 Å². The Kier molecular flexibility index (Phi) is 2.78. The molecule has 0 bridgehead atoms. The van der Waals surface area contributed by atoms with Crippen LogP contribution in [0.5, 0.6) is 0 Å². The average Bonchev–Trinajstić information content (AvgIpc) is 2.61. The molecule has 0 unspecified atom stereocenters. The van der Waals surface area contributed by atoms with Crippen LogP contribution in [-0.2, 0) is 6.54 Å². The first kappa shape index (κ1) is 12.2. The first-order chi connectivity index (χ1) is 9.08. The van der Waals surface area contributed by atoms with E-state index in [0.29, 0.717) is 13.0 Å². The fourth-order valence-corrected chi connectivity index (χ4v) is 2.79. The van der Waals surface area contributed by atoms with Crippen molar-refractivity contribution in [2.24, 2.45) is 4.99 Å². The topological polar surface area (TPSA) is 70.4 Å². The predicted molar refractivity (Wildman–Crippen MR) is 74.7 cm³/mol. The minimum atomic E-state index is -0.664. The molecule has 1 aromatic carbocycles. The van der Waals surface area contributed by atoms with E-state index in [4.69, 9.17) is 0 Å². The van der Waals surface area contributed by atoms with E-state index in [9.17, 15) is 9.90 Å². The molecule has 0 saturated heterocycles. The first-order valence-electron chi connectivity index (χ1n) is 6.48. The average molecular weight is 259 g/mol. The van der Waals surface area contributed by atoms with Gasteiger partial charge in [-0.1, -0.05) is 12.1 Å². The molecule has 0 aliphatic carbocycles. The summed E-state index contributed by atoms with van der Waals surface area (Å²) in [6.45, 7) is 4.42. The Morgan fingerprint density at radius 3 is 3.00 bits per heavy atom. The molecule has 0 saturated carbocycles. The lowest BCUT2D eigenvalue weighted by Crippen LogP contribution is -2.20. The van der Waals surface area contributed by atoms with Gasteiger partial charge >= 0.3 is 5.69 Å². The third-order valence-corrected chi connectivity index (χ3v) is 3.58. The summed E-state index contributed by atoms with van der Waals surface area (Å²) in [7, 11) is 0. The standard InChI is InChI=1S/C14H17N3O2/c1-8(2)15-11-6-7-17-12-9(13(11)18)4-3-5-10(12)16-14(17)19/h3-5,11,13,18H,6-7H2,1-2H3,(H,16,19)/t11-,13-/m1/s1. The van der Waals surface area contributed by atoms with Crippen molar-refractivity contribution < 1.29 is 5.11 Å². The summed E-state index contributed by atoms with van der Waals surface area (Å²) in [5, 5.41) is 10.5. The number of para-hydroxylation sites is 1. The zero-order valence-corrected chi connectivity index (χ0v) is 11.1. The molecule has 0 fully saturated rings. The normalized spacial score (nSPS) is 22.3. The van der Waals surface area contributed by atoms with E-state index in [1.54, 1.807) is 4.57 Å². The van der Waals surface area contributed by atoms with Crippen LogP contribution in [0, 0.1) is 0 Å². The molecule has 2 N–H and O–H groups in total. The maximum Gasteiger partial charge on any atom is 0.326 e. The first-order valence-corrected chi connectivity index (χ1v) is 6.48. The Morgan fingerprint density at radius 2 is 2.26 bits per heavy atom. The highest BCUT2D eigenvalue weighted by Crippen LogP contribution is 2.31. The number of rotatable bonds is 1. The third kappa shape index (κ3) is 1.90. The molecule has 3 rings (SSSR count). The minimum absolute atomic E-state index is 0.118. The number of nitrogens with zero attached hydrogens (tertiary/aromatic N) is 2. The second-order valence-electron chi connectivity index (χ2n) is 5.20. The Hall–Kier alpha value is -1.88. The summed E-state index contributed by atoms with van der Waals surface area (Å²) in [5.74, 6) is 0. The second kappa shape index (κ2) is 4.35. The lowest BCUT2D eigenvalue weighted by atomic mass is 10.0. The molecule has 1 aliphatic rings. The van der Waals surface area contributed by atoms with Crippen LogP contribution in [0.25, 0.3) is 11.0 Å². The third-order valence-electron chi connectivity index (χ3n) is 3.58. The lowest BCUT2D eigenvalue weighted by Gasteiger charge is -2.17. The van der Waals surface area contributed by atoms with Crippen LogP contribution in [0.2, 0.25) is 0 Å². The number of aryl methyl sites for hydroxylation is 1. The van der Waals surface area contributed by atoms with Gasteiger partial charge in [-0.2, -0.15) is 0 Å². The van der Waals surface area contributed by atoms with Gasteiger partial charge in [-0.3, -0.25) is 9.56 Å². The quantitative estimate of drug-likeness (QED) is 0.764. The number of aromatic nitrogens is 2. The highest BCUT2D eigenvalue weighted by molar-refractivity contribution is 5.81. The van der Waals surface area contributed by atoms with E-state index in [0.717, 1.165) is 22.3 Å². The summed E-state index contributed by atoms with van der Waals surface area (Å²) in [4.78, 5) is 19.3. The number of aliphatic hydroxyl groups is 1. The molecule has 0 amide bonds. The van der Waals surface area contributed by atoms with Crippen LogP contribution in [-0.4, -0.2) is 26.4 Å². The number of benzene rings is 1. The molecule has 19 heavy (non-hydrogen) atoms. The summed E-state index contributed by atoms with van der Waals surface area (Å²) >= 11 is 0. The largest absolute Gasteiger partial charge is 0.386 e. The summed E-state index contributed by atoms with van der Waals surface area (Å²) in [6.07, 6.45) is -0.00370. The molecule has 2 aromatic rings. The summed E-state index contributed by atoms with van der Waals surface area (Å²) in [5.41, 5.74) is 3.19. The maximum absolute atomic E-state index is 11.9. The molecule has 5 heteroatoms. The van der Waals surface area contributed by atoms with E-state index in [1.165, 1.54) is 0 Å². The van der Waals surface area contributed by atoms with Crippen LogP contribution in [0.15, 0.2) is 28.0 Å². The van der Waals surface area contributed by atoms with Crippen molar-refractivity contribution in [2.45, 2.75) is 39.0 Å². The number of H-pyrrole nitrogens is 1. The van der Waals surface area contributed by atoms with Gasteiger partial charge in [0, 0.05) is 17.8 Å². The minimum Gasteiger partial charge on any atom is -0.386 e. The van der Waals surface area contributed by atoms with Crippen molar-refractivity contribution in [1.82, 2.24) is 9.55 Å². The molecular formula is C14H17N3O2. The molecule has 2 heterocycles. The van der Waals surface area contributed by atoms with Gasteiger partial charge in [0.15, 0.2) is 0 Å². The van der Waals surface area contributed by atoms with Crippen molar-refractivity contribution >= 4 is 16.7 Å². The van der Waals surface area contributed by atoms with Crippen LogP contribution in [0.1, 0.15) is 31.9 Å². The summed E-state index contributed by atoms with van der Waals surface area (Å²) in [6, 6.07) is 5.40. The van der Waals surface area contributed by atoms with Crippen LogP contribution >= 0.6 is 0 Å².